The van der Waals surface area contributed by atoms with Crippen molar-refractivity contribution in [1.29, 1.82) is 5.41 Å². The number of H-pyrrole nitrogens is 1. The van der Waals surface area contributed by atoms with Gasteiger partial charge in [0.05, 0.1) is 40.1 Å². The van der Waals surface area contributed by atoms with Gasteiger partial charge in [-0.15, -0.1) is 0 Å². The fourth-order valence-corrected chi connectivity index (χ4v) is 4.33. The molecule has 0 saturated carbocycles. The fraction of sp³-hybridized carbons (Fsp3) is 0.0800. The molecule has 3 heterocycles. The number of aromatic nitrogens is 5. The van der Waals surface area contributed by atoms with Crippen LogP contribution in [0.15, 0.2) is 72.0 Å². The van der Waals surface area contributed by atoms with E-state index in [4.69, 9.17) is 22.7 Å². The van der Waals surface area contributed by atoms with E-state index in [1.54, 1.807) is 16.8 Å². The Morgan fingerprint density at radius 1 is 1.20 bits per heavy atom. The van der Waals surface area contributed by atoms with Crippen molar-refractivity contribution in [3.63, 3.8) is 0 Å². The van der Waals surface area contributed by atoms with Crippen molar-refractivity contribution in [3.8, 4) is 5.69 Å². The molecule has 0 unspecified atom stereocenters. The zero-order chi connectivity index (χ0) is 24.5. The molecule has 0 bridgehead atoms. The molecular formula is C25H21ClN8O. The average molecular weight is 485 g/mol. The highest BCUT2D eigenvalue weighted by atomic mass is 35.5. The van der Waals surface area contributed by atoms with Crippen LogP contribution in [0.2, 0.25) is 5.02 Å². The van der Waals surface area contributed by atoms with Gasteiger partial charge in [-0.2, -0.15) is 5.10 Å². The fourth-order valence-electron chi connectivity index (χ4n) is 4.07. The highest BCUT2D eigenvalue weighted by Gasteiger charge is 2.19. The summed E-state index contributed by atoms with van der Waals surface area (Å²) in [6, 6.07) is 15.0. The third kappa shape index (κ3) is 4.02. The molecule has 0 amide bonds. The summed E-state index contributed by atoms with van der Waals surface area (Å²) < 4.78 is 1.65. The van der Waals surface area contributed by atoms with Crippen molar-refractivity contribution in [2.75, 3.05) is 11.1 Å². The Bertz CT molecular complexity index is 1630. The van der Waals surface area contributed by atoms with Gasteiger partial charge < -0.3 is 11.1 Å². The monoisotopic (exact) mass is 484 g/mol. The van der Waals surface area contributed by atoms with Gasteiger partial charge in [-0.05, 0) is 36.1 Å². The normalized spacial score (nSPS) is 11.0. The number of nitrogens with two attached hydrogens (primary N) is 1. The Balaban J connectivity index is 1.63. The van der Waals surface area contributed by atoms with E-state index in [9.17, 15) is 4.79 Å². The van der Waals surface area contributed by atoms with Crippen LogP contribution in [-0.4, -0.2) is 30.4 Å². The third-order valence-corrected chi connectivity index (χ3v) is 6.09. The van der Waals surface area contributed by atoms with E-state index in [0.717, 1.165) is 16.6 Å². The molecule has 10 heteroatoms. The van der Waals surface area contributed by atoms with Gasteiger partial charge in [0.25, 0.3) is 5.56 Å². The Kier molecular flexibility index (Phi) is 5.76. The first-order valence-electron chi connectivity index (χ1n) is 10.8. The molecule has 5 aromatic rings. The highest BCUT2D eigenvalue weighted by Crippen LogP contribution is 2.26. The SMILES string of the molecule is Cc1ccccc1-n1c(CNc2ncnc(N)c2C(=N)c2cn[nH]c2)cc2cccc(Cl)c2c1=O. The van der Waals surface area contributed by atoms with Gasteiger partial charge in [0.15, 0.2) is 0 Å². The largest absolute Gasteiger partial charge is 0.383 e. The van der Waals surface area contributed by atoms with Gasteiger partial charge in [0.2, 0.25) is 0 Å². The van der Waals surface area contributed by atoms with Crippen LogP contribution < -0.4 is 16.6 Å². The van der Waals surface area contributed by atoms with Gasteiger partial charge in [0, 0.05) is 17.5 Å². The molecule has 0 aliphatic heterocycles. The van der Waals surface area contributed by atoms with Crippen LogP contribution in [0, 0.1) is 12.3 Å². The summed E-state index contributed by atoms with van der Waals surface area (Å²) >= 11 is 6.42. The number of benzene rings is 2. The second-order valence-corrected chi connectivity index (χ2v) is 8.37. The van der Waals surface area contributed by atoms with Crippen molar-refractivity contribution < 1.29 is 0 Å². The Labute approximate surface area is 205 Å². The summed E-state index contributed by atoms with van der Waals surface area (Å²) in [6.45, 7) is 2.18. The standard InChI is InChI=1S/C25H21ClN8O/c1-14-5-2-3-8-19(14)34-17(9-15-6-4-7-18(26)20(15)25(34)35)12-29-24-21(23(28)30-13-31-24)22(27)16-10-32-33-11-16/h2-11,13,27H,12H2,1H3,(H,32,33)(H3,28,29,30,31). The van der Waals surface area contributed by atoms with Crippen LogP contribution in [-0.2, 0) is 6.54 Å². The first-order valence-corrected chi connectivity index (χ1v) is 11.1. The van der Waals surface area contributed by atoms with E-state index in [1.165, 1.54) is 12.5 Å². The number of nitrogens with zero attached hydrogens (tertiary/aromatic N) is 4. The van der Waals surface area contributed by atoms with Crippen molar-refractivity contribution in [2.24, 2.45) is 0 Å². The summed E-state index contributed by atoms with van der Waals surface area (Å²) in [6.07, 6.45) is 4.46. The maximum Gasteiger partial charge on any atom is 0.264 e. The summed E-state index contributed by atoms with van der Waals surface area (Å²) in [5.74, 6) is 0.536. The molecular weight excluding hydrogens is 464 g/mol. The number of halogens is 1. The summed E-state index contributed by atoms with van der Waals surface area (Å²) in [4.78, 5) is 22.1. The van der Waals surface area contributed by atoms with Crippen LogP contribution in [0.3, 0.4) is 0 Å². The van der Waals surface area contributed by atoms with Crippen LogP contribution in [0.4, 0.5) is 11.6 Å². The first kappa shape index (κ1) is 22.3. The van der Waals surface area contributed by atoms with Crippen molar-refractivity contribution in [3.05, 3.63) is 105 Å². The molecule has 0 fully saturated rings. The number of hydrogen-bond donors (Lipinski definition) is 4. The Morgan fingerprint density at radius 3 is 2.80 bits per heavy atom. The minimum absolute atomic E-state index is 0.126. The number of aromatic amines is 1. The Hall–Kier alpha value is -4.50. The van der Waals surface area contributed by atoms with Gasteiger partial charge >= 0.3 is 0 Å². The highest BCUT2D eigenvalue weighted by molar-refractivity contribution is 6.35. The van der Waals surface area contributed by atoms with Crippen LogP contribution >= 0.6 is 11.6 Å². The van der Waals surface area contributed by atoms with E-state index in [0.29, 0.717) is 33.0 Å². The molecule has 3 aromatic heterocycles. The predicted molar refractivity (Wildman–Crippen MR) is 138 cm³/mol. The van der Waals surface area contributed by atoms with E-state index in [2.05, 4.69) is 25.5 Å². The van der Waals surface area contributed by atoms with E-state index in [1.807, 2.05) is 49.4 Å². The van der Waals surface area contributed by atoms with E-state index in [-0.39, 0.29) is 23.6 Å². The van der Waals surface area contributed by atoms with Crippen molar-refractivity contribution >= 4 is 39.7 Å². The molecule has 9 nitrogen and oxygen atoms in total. The Morgan fingerprint density at radius 2 is 2.03 bits per heavy atom. The number of rotatable bonds is 6. The van der Waals surface area contributed by atoms with Gasteiger partial charge in [-0.25, -0.2) is 9.97 Å². The van der Waals surface area contributed by atoms with Crippen molar-refractivity contribution in [2.45, 2.75) is 13.5 Å². The predicted octanol–water partition coefficient (Wildman–Crippen LogP) is 4.08. The van der Waals surface area contributed by atoms with Crippen LogP contribution in [0.25, 0.3) is 16.5 Å². The number of aryl methyl sites for hydroxylation is 1. The smallest absolute Gasteiger partial charge is 0.264 e. The molecule has 0 aliphatic carbocycles. The van der Waals surface area contributed by atoms with E-state index >= 15 is 0 Å². The lowest BCUT2D eigenvalue weighted by atomic mass is 10.1. The molecule has 0 radical (unpaired) electrons. The van der Waals surface area contributed by atoms with E-state index < -0.39 is 0 Å². The number of para-hydroxylation sites is 1. The molecule has 0 saturated heterocycles. The zero-order valence-corrected chi connectivity index (χ0v) is 19.5. The van der Waals surface area contributed by atoms with Crippen LogP contribution in [0.1, 0.15) is 22.4 Å². The quantitative estimate of drug-likeness (QED) is 0.268. The topological polar surface area (TPSA) is 138 Å². The lowest BCUT2D eigenvalue weighted by molar-refractivity contribution is 0.884. The number of hydrogen-bond acceptors (Lipinski definition) is 7. The van der Waals surface area contributed by atoms with Gasteiger partial charge in [-0.1, -0.05) is 41.9 Å². The zero-order valence-electron chi connectivity index (χ0n) is 18.7. The molecule has 5 N–H and O–H groups in total. The molecule has 5 rings (SSSR count). The summed E-state index contributed by atoms with van der Waals surface area (Å²) in [5.41, 5.74) is 9.32. The molecule has 35 heavy (non-hydrogen) atoms. The van der Waals surface area contributed by atoms with Crippen molar-refractivity contribution in [1.82, 2.24) is 24.7 Å². The van der Waals surface area contributed by atoms with Gasteiger partial charge in [-0.3, -0.25) is 19.9 Å². The second-order valence-electron chi connectivity index (χ2n) is 7.96. The summed E-state index contributed by atoms with van der Waals surface area (Å²) in [7, 11) is 0. The lowest BCUT2D eigenvalue weighted by Gasteiger charge is -2.18. The second kappa shape index (κ2) is 9.03. The molecule has 174 valence electrons. The maximum atomic E-state index is 13.7. The summed E-state index contributed by atoms with van der Waals surface area (Å²) in [5, 5.41) is 20.0. The number of nitrogens with one attached hydrogen (secondary N) is 3. The average Bonchev–Trinajstić information content (AvgIpc) is 3.38. The number of anilines is 2. The van der Waals surface area contributed by atoms with Gasteiger partial charge in [0.1, 0.15) is 18.0 Å². The number of nitrogen functional groups attached to an aromatic ring is 1. The first-order chi connectivity index (χ1) is 17.0. The third-order valence-electron chi connectivity index (χ3n) is 5.78. The lowest BCUT2D eigenvalue weighted by Crippen LogP contribution is -2.25. The molecule has 0 atom stereocenters. The van der Waals surface area contributed by atoms with Crippen LogP contribution in [0.5, 0.6) is 0 Å². The minimum atomic E-state index is -0.215. The molecule has 0 aliphatic rings. The minimum Gasteiger partial charge on any atom is -0.383 e. The number of fused-ring (bicyclic) bond motifs is 1. The number of pyridine rings is 1. The molecule has 2 aromatic carbocycles. The maximum absolute atomic E-state index is 13.7. The molecule has 0 spiro atoms.